The number of nitrogens with one attached hydrogen (secondary N) is 1. The molecular weight excluding hydrogens is 568 g/mol. The zero-order chi connectivity index (χ0) is 30.9. The van der Waals surface area contributed by atoms with Gasteiger partial charge in [0.2, 0.25) is 5.91 Å². The number of nitrogens with zero attached hydrogens (tertiary/aromatic N) is 1. The minimum Gasteiger partial charge on any atom is -0.497 e. The van der Waals surface area contributed by atoms with Crippen LogP contribution >= 0.6 is 0 Å². The van der Waals surface area contributed by atoms with Crippen LogP contribution in [0.1, 0.15) is 44.7 Å². The van der Waals surface area contributed by atoms with Crippen molar-refractivity contribution in [2.24, 2.45) is 0 Å². The number of rotatable bonds is 10. The highest BCUT2D eigenvalue weighted by atomic mass is 28.4. The third-order valence-electron chi connectivity index (χ3n) is 8.72. The van der Waals surface area contributed by atoms with Crippen molar-refractivity contribution in [3.63, 3.8) is 0 Å². The molecule has 1 fully saturated rings. The van der Waals surface area contributed by atoms with Crippen LogP contribution in [0.25, 0.3) is 0 Å². The maximum Gasteiger partial charge on any atom is 0.227 e. The molecular formula is C32H49FN2O5Si2. The van der Waals surface area contributed by atoms with Gasteiger partial charge in [0.05, 0.1) is 25.4 Å². The van der Waals surface area contributed by atoms with E-state index in [1.165, 1.54) is 6.07 Å². The lowest BCUT2D eigenvalue weighted by Crippen LogP contribution is -2.65. The first-order valence-electron chi connectivity index (χ1n) is 15.0. The van der Waals surface area contributed by atoms with Gasteiger partial charge < -0.3 is 28.5 Å². The summed E-state index contributed by atoms with van der Waals surface area (Å²) in [6, 6.07) is 10.6. The van der Waals surface area contributed by atoms with Crippen molar-refractivity contribution in [3.05, 3.63) is 53.3 Å². The Kier molecular flexibility index (Phi) is 9.64. The average molecular weight is 617 g/mol. The second kappa shape index (κ2) is 12.4. The van der Waals surface area contributed by atoms with Crippen LogP contribution in [0.15, 0.2) is 36.4 Å². The van der Waals surface area contributed by atoms with Gasteiger partial charge in [0.15, 0.2) is 16.6 Å². The highest BCUT2D eigenvalue weighted by Crippen LogP contribution is 2.42. The lowest BCUT2D eigenvalue weighted by Gasteiger charge is -2.51. The van der Waals surface area contributed by atoms with Crippen molar-refractivity contribution in [2.75, 3.05) is 31.7 Å². The second-order valence-corrected chi connectivity index (χ2v) is 23.3. The van der Waals surface area contributed by atoms with Crippen LogP contribution in [0.3, 0.4) is 0 Å². The Balaban J connectivity index is 1.65. The molecule has 0 saturated carbocycles. The summed E-state index contributed by atoms with van der Waals surface area (Å²) < 4.78 is 41.3. The van der Waals surface area contributed by atoms with Gasteiger partial charge in [-0.25, -0.2) is 4.39 Å². The number of carbonyl (C=O) groups is 1. The van der Waals surface area contributed by atoms with Gasteiger partial charge in [-0.2, -0.15) is 0 Å². The molecule has 0 aliphatic carbocycles. The first-order chi connectivity index (χ1) is 19.6. The minimum absolute atomic E-state index is 0.0477. The molecule has 4 rings (SSSR count). The van der Waals surface area contributed by atoms with E-state index in [1.54, 1.807) is 18.1 Å². The maximum absolute atomic E-state index is 15.4. The summed E-state index contributed by atoms with van der Waals surface area (Å²) in [4.78, 5) is 14.6. The van der Waals surface area contributed by atoms with E-state index >= 15 is 4.39 Å². The van der Waals surface area contributed by atoms with E-state index in [1.807, 2.05) is 24.3 Å². The number of benzene rings is 2. The number of anilines is 1. The lowest BCUT2D eigenvalue weighted by atomic mass is 9.90. The van der Waals surface area contributed by atoms with Crippen molar-refractivity contribution in [1.82, 2.24) is 5.32 Å². The van der Waals surface area contributed by atoms with Gasteiger partial charge in [-0.3, -0.25) is 4.79 Å². The molecule has 0 aromatic heterocycles. The summed E-state index contributed by atoms with van der Waals surface area (Å²) in [5.74, 6) is 0.804. The molecule has 232 valence electrons. The van der Waals surface area contributed by atoms with E-state index in [9.17, 15) is 4.79 Å². The van der Waals surface area contributed by atoms with Crippen molar-refractivity contribution in [2.45, 2.75) is 96.1 Å². The first-order valence-corrected chi connectivity index (χ1v) is 21.3. The molecule has 1 N–H and O–H groups in total. The van der Waals surface area contributed by atoms with Crippen LogP contribution in [-0.4, -0.2) is 61.1 Å². The highest BCUT2D eigenvalue weighted by molar-refractivity contribution is 6.74. The zero-order valence-corrected chi connectivity index (χ0v) is 28.9. The van der Waals surface area contributed by atoms with Crippen LogP contribution in [0.2, 0.25) is 37.8 Å². The fourth-order valence-electron chi connectivity index (χ4n) is 5.51. The zero-order valence-electron chi connectivity index (χ0n) is 26.9. The normalized spacial score (nSPS) is 21.7. The fraction of sp³-hybridized carbons (Fsp3) is 0.594. The smallest absolute Gasteiger partial charge is 0.227 e. The quantitative estimate of drug-likeness (QED) is 0.301. The van der Waals surface area contributed by atoms with E-state index in [2.05, 4.69) is 58.8 Å². The molecule has 1 saturated heterocycles. The SMILES string of the molecule is COc1ccc(CN2C(=O)CCc3c(OC[C@@]4(O[Si](C)(C)C)CCNC[C@H]4O[Si](C)(C)C(C)(C)C)ccc(F)c32)cc1. The molecule has 2 aromatic rings. The number of ether oxygens (including phenoxy) is 2. The molecule has 2 aromatic carbocycles. The standard InChI is InChI=1S/C32H49FN2O5Si2/c1-31(2,3)42(8,9)39-28-20-34-19-18-32(28,40-41(5,6)7)22-38-27-16-15-26(33)30-25(27)14-17-29(36)35(30)21-23-10-12-24(37-4)13-11-23/h10-13,15-16,28,34H,14,17-22H2,1-9H3/t28-,32+/m1/s1. The molecule has 2 heterocycles. The van der Waals surface area contributed by atoms with Gasteiger partial charge in [-0.1, -0.05) is 32.9 Å². The Morgan fingerprint density at radius 2 is 1.74 bits per heavy atom. The number of halogens is 1. The fourth-order valence-corrected chi connectivity index (χ4v) is 8.39. The van der Waals surface area contributed by atoms with E-state index < -0.39 is 28.1 Å². The van der Waals surface area contributed by atoms with Gasteiger partial charge in [0.1, 0.15) is 29.5 Å². The van der Waals surface area contributed by atoms with E-state index in [4.69, 9.17) is 18.3 Å². The van der Waals surface area contributed by atoms with Crippen molar-refractivity contribution >= 4 is 28.2 Å². The van der Waals surface area contributed by atoms with Gasteiger partial charge >= 0.3 is 0 Å². The van der Waals surface area contributed by atoms with Crippen LogP contribution in [0.4, 0.5) is 10.1 Å². The molecule has 2 aliphatic heterocycles. The molecule has 2 atom stereocenters. The van der Waals surface area contributed by atoms with Gasteiger partial charge in [-0.05, 0) is 87.0 Å². The Labute approximate surface area is 253 Å². The summed E-state index contributed by atoms with van der Waals surface area (Å²) in [7, 11) is -2.53. The summed E-state index contributed by atoms with van der Waals surface area (Å²) in [5, 5.41) is 3.57. The molecule has 0 bridgehead atoms. The van der Waals surface area contributed by atoms with Gasteiger partial charge in [0.25, 0.3) is 0 Å². The predicted octanol–water partition coefficient (Wildman–Crippen LogP) is 6.67. The third kappa shape index (κ3) is 7.27. The number of methoxy groups -OCH3 is 1. The van der Waals surface area contributed by atoms with E-state index in [-0.39, 0.29) is 23.6 Å². The van der Waals surface area contributed by atoms with E-state index in [0.29, 0.717) is 37.4 Å². The molecule has 42 heavy (non-hydrogen) atoms. The Morgan fingerprint density at radius 1 is 1.05 bits per heavy atom. The predicted molar refractivity (Wildman–Crippen MR) is 171 cm³/mol. The number of carbonyl (C=O) groups excluding carboxylic acids is 1. The number of hydrogen-bond donors (Lipinski definition) is 1. The Bertz CT molecular complexity index is 1260. The summed E-state index contributed by atoms with van der Waals surface area (Å²) in [5.41, 5.74) is 1.28. The van der Waals surface area contributed by atoms with Gasteiger partial charge in [0, 0.05) is 18.5 Å². The maximum atomic E-state index is 15.4. The van der Waals surface area contributed by atoms with Crippen molar-refractivity contribution in [3.8, 4) is 11.5 Å². The third-order valence-corrected chi connectivity index (χ3v) is 14.2. The minimum atomic E-state index is -2.12. The molecule has 1 amide bonds. The van der Waals surface area contributed by atoms with Crippen molar-refractivity contribution < 1.29 is 27.5 Å². The molecule has 2 aliphatic rings. The molecule has 7 nitrogen and oxygen atoms in total. The Morgan fingerprint density at radius 3 is 2.36 bits per heavy atom. The summed E-state index contributed by atoms with van der Waals surface area (Å²) >= 11 is 0. The number of fused-ring (bicyclic) bond motifs is 1. The van der Waals surface area contributed by atoms with Gasteiger partial charge in [-0.15, -0.1) is 0 Å². The number of amides is 1. The highest BCUT2D eigenvalue weighted by Gasteiger charge is 2.50. The monoisotopic (exact) mass is 616 g/mol. The number of hydrogen-bond acceptors (Lipinski definition) is 6. The molecule has 0 radical (unpaired) electrons. The molecule has 0 unspecified atom stereocenters. The topological polar surface area (TPSA) is 69.3 Å². The largest absolute Gasteiger partial charge is 0.497 e. The first kappa shape index (κ1) is 32.7. The van der Waals surface area contributed by atoms with Crippen LogP contribution in [0, 0.1) is 5.82 Å². The second-order valence-electron chi connectivity index (χ2n) is 14.1. The Hall–Kier alpha value is -2.25. The van der Waals surface area contributed by atoms with Crippen LogP contribution in [-0.2, 0) is 26.6 Å². The summed E-state index contributed by atoms with van der Waals surface area (Å²) in [6.45, 7) is 19.9. The van der Waals surface area contributed by atoms with Crippen LogP contribution < -0.4 is 19.7 Å². The molecule has 0 spiro atoms. The lowest BCUT2D eigenvalue weighted by molar-refractivity contribution is -0.119. The van der Waals surface area contributed by atoms with Crippen molar-refractivity contribution in [1.29, 1.82) is 0 Å². The average Bonchev–Trinajstić information content (AvgIpc) is 2.90. The van der Waals surface area contributed by atoms with Crippen LogP contribution in [0.5, 0.6) is 11.5 Å². The molecule has 10 heteroatoms. The van der Waals surface area contributed by atoms with E-state index in [0.717, 1.165) is 29.8 Å². The number of piperidine rings is 1. The summed E-state index contributed by atoms with van der Waals surface area (Å²) in [6.07, 6.45) is 1.29.